The van der Waals surface area contributed by atoms with Gasteiger partial charge in [0.1, 0.15) is 0 Å². The summed E-state index contributed by atoms with van der Waals surface area (Å²) in [6.07, 6.45) is 1.86. The van der Waals surface area contributed by atoms with E-state index in [9.17, 15) is 4.79 Å². The van der Waals surface area contributed by atoms with Crippen molar-refractivity contribution >= 4 is 16.6 Å². The van der Waals surface area contributed by atoms with Crippen molar-refractivity contribution in [3.8, 4) is 22.4 Å². The second-order valence-corrected chi connectivity index (χ2v) is 7.53. The molecule has 4 aromatic rings. The molecule has 0 aliphatic heterocycles. The number of rotatable bonds is 1. The van der Waals surface area contributed by atoms with Gasteiger partial charge in [0.05, 0.1) is 5.69 Å². The molecular weight excluding hydrogens is 330 g/mol. The van der Waals surface area contributed by atoms with Gasteiger partial charge in [0.25, 0.3) is 0 Å². The van der Waals surface area contributed by atoms with Crippen molar-refractivity contribution in [1.82, 2.24) is 4.98 Å². The van der Waals surface area contributed by atoms with E-state index in [4.69, 9.17) is 0 Å². The predicted molar refractivity (Wildman–Crippen MR) is 110 cm³/mol. The van der Waals surface area contributed by atoms with E-state index in [0.717, 1.165) is 49.8 Å². The van der Waals surface area contributed by atoms with Crippen LogP contribution in [-0.2, 0) is 0 Å². The number of hydrogen-bond donors (Lipinski definition) is 0. The Kier molecular flexibility index (Phi) is 3.32. The Bertz CT molecular complexity index is 1250. The van der Waals surface area contributed by atoms with Gasteiger partial charge < -0.3 is 0 Å². The molecule has 27 heavy (non-hydrogen) atoms. The van der Waals surface area contributed by atoms with Crippen LogP contribution < -0.4 is 0 Å². The first kappa shape index (κ1) is 16.0. The molecule has 3 aromatic carbocycles. The topological polar surface area (TPSA) is 30.0 Å². The van der Waals surface area contributed by atoms with Gasteiger partial charge in [0, 0.05) is 28.3 Å². The van der Waals surface area contributed by atoms with Gasteiger partial charge in [-0.1, -0.05) is 34.9 Å². The first-order chi connectivity index (χ1) is 13.0. The van der Waals surface area contributed by atoms with Crippen LogP contribution in [0, 0.1) is 20.8 Å². The molecule has 0 amide bonds. The first-order valence-corrected chi connectivity index (χ1v) is 9.18. The summed E-state index contributed by atoms with van der Waals surface area (Å²) in [5, 5.41) is 2.14. The van der Waals surface area contributed by atoms with E-state index in [0.29, 0.717) is 0 Å². The van der Waals surface area contributed by atoms with Crippen molar-refractivity contribution in [3.63, 3.8) is 0 Å². The van der Waals surface area contributed by atoms with Crippen LogP contribution in [0.3, 0.4) is 0 Å². The molecule has 2 heteroatoms. The number of nitrogens with zero attached hydrogens (tertiary/aromatic N) is 1. The van der Waals surface area contributed by atoms with E-state index in [1.54, 1.807) is 0 Å². The lowest BCUT2D eigenvalue weighted by Crippen LogP contribution is -1.96. The molecule has 0 saturated carbocycles. The maximum absolute atomic E-state index is 13.0. The van der Waals surface area contributed by atoms with Crippen molar-refractivity contribution in [2.75, 3.05) is 0 Å². The number of carbonyl (C=O) groups excluding carboxylic acids is 1. The van der Waals surface area contributed by atoms with Crippen LogP contribution >= 0.6 is 0 Å². The molecule has 1 aliphatic rings. The minimum absolute atomic E-state index is 0.112. The van der Waals surface area contributed by atoms with Crippen molar-refractivity contribution in [1.29, 1.82) is 0 Å². The molecule has 0 atom stereocenters. The van der Waals surface area contributed by atoms with Gasteiger partial charge in [0.15, 0.2) is 5.78 Å². The summed E-state index contributed by atoms with van der Waals surface area (Å²) < 4.78 is 0. The van der Waals surface area contributed by atoms with Gasteiger partial charge in [-0.15, -0.1) is 0 Å². The Morgan fingerprint density at radius 1 is 0.667 bits per heavy atom. The Balaban J connectivity index is 1.79. The molecule has 0 bridgehead atoms. The third kappa shape index (κ3) is 2.41. The second-order valence-electron chi connectivity index (χ2n) is 7.53. The van der Waals surface area contributed by atoms with Crippen LogP contribution in [0.4, 0.5) is 0 Å². The van der Waals surface area contributed by atoms with Crippen LogP contribution in [-0.4, -0.2) is 10.8 Å². The molecule has 1 heterocycles. The maximum atomic E-state index is 13.0. The molecule has 0 saturated heterocycles. The predicted octanol–water partition coefficient (Wildman–Crippen LogP) is 6.04. The minimum atomic E-state index is 0.112. The maximum Gasteiger partial charge on any atom is 0.194 e. The summed E-state index contributed by atoms with van der Waals surface area (Å²) in [6.45, 7) is 6.22. The average Bonchev–Trinajstić information content (AvgIpc) is 2.90. The zero-order chi connectivity index (χ0) is 18.7. The molecule has 0 fully saturated rings. The number of hydrogen-bond acceptors (Lipinski definition) is 2. The van der Waals surface area contributed by atoms with Crippen molar-refractivity contribution in [2.45, 2.75) is 20.8 Å². The van der Waals surface area contributed by atoms with Gasteiger partial charge in [-0.3, -0.25) is 9.78 Å². The molecule has 0 unspecified atom stereocenters. The number of carbonyl (C=O) groups is 1. The molecule has 1 aromatic heterocycles. The van der Waals surface area contributed by atoms with Crippen molar-refractivity contribution in [2.24, 2.45) is 0 Å². The second kappa shape index (κ2) is 5.62. The molecule has 0 spiro atoms. The van der Waals surface area contributed by atoms with Gasteiger partial charge in [0.2, 0.25) is 0 Å². The molecule has 130 valence electrons. The zero-order valence-corrected chi connectivity index (χ0v) is 15.6. The monoisotopic (exact) mass is 349 g/mol. The number of aryl methyl sites for hydroxylation is 3. The number of fused-ring (bicyclic) bond motifs is 4. The Labute approximate surface area is 158 Å². The Hall–Kier alpha value is -3.26. The van der Waals surface area contributed by atoms with Gasteiger partial charge in [-0.2, -0.15) is 0 Å². The Morgan fingerprint density at radius 3 is 2.19 bits per heavy atom. The first-order valence-electron chi connectivity index (χ1n) is 9.18. The van der Waals surface area contributed by atoms with E-state index in [1.165, 1.54) is 11.1 Å². The van der Waals surface area contributed by atoms with Crippen molar-refractivity contribution < 1.29 is 4.79 Å². The highest BCUT2D eigenvalue weighted by molar-refractivity contribution is 6.23. The number of ketones is 1. The molecule has 1 aliphatic carbocycles. The molecular formula is C25H19NO. The van der Waals surface area contributed by atoms with Gasteiger partial charge in [-0.25, -0.2) is 0 Å². The summed E-state index contributed by atoms with van der Waals surface area (Å²) in [4.78, 5) is 17.7. The third-order valence-electron chi connectivity index (χ3n) is 5.35. The van der Waals surface area contributed by atoms with Crippen LogP contribution in [0.15, 0.2) is 60.8 Å². The highest BCUT2D eigenvalue weighted by Crippen LogP contribution is 2.40. The largest absolute Gasteiger partial charge is 0.289 e. The van der Waals surface area contributed by atoms with E-state index in [2.05, 4.69) is 55.2 Å². The fourth-order valence-electron chi connectivity index (χ4n) is 4.20. The van der Waals surface area contributed by atoms with Gasteiger partial charge >= 0.3 is 0 Å². The lowest BCUT2D eigenvalue weighted by atomic mass is 9.96. The van der Waals surface area contributed by atoms with Gasteiger partial charge in [-0.05, 0) is 73.7 Å². The molecule has 5 rings (SSSR count). The standard InChI is InChI=1S/C25H19NO/c1-14-4-5-19-21-12-17-6-7-26-24(18-9-15(2)8-16(3)10-18)20(17)13-23(21)25(27)22(19)11-14/h4-13H,1-3H3. The highest BCUT2D eigenvalue weighted by Gasteiger charge is 2.27. The Morgan fingerprint density at radius 2 is 1.41 bits per heavy atom. The van der Waals surface area contributed by atoms with E-state index in [-0.39, 0.29) is 5.78 Å². The molecule has 0 N–H and O–H groups in total. The zero-order valence-electron chi connectivity index (χ0n) is 15.6. The normalized spacial score (nSPS) is 12.3. The van der Waals surface area contributed by atoms with E-state index in [1.807, 2.05) is 31.3 Å². The lowest BCUT2D eigenvalue weighted by molar-refractivity contribution is 0.104. The quantitative estimate of drug-likeness (QED) is 0.369. The smallest absolute Gasteiger partial charge is 0.194 e. The van der Waals surface area contributed by atoms with Crippen LogP contribution in [0.2, 0.25) is 0 Å². The van der Waals surface area contributed by atoms with Crippen LogP contribution in [0.1, 0.15) is 32.6 Å². The lowest BCUT2D eigenvalue weighted by Gasteiger charge is -2.10. The van der Waals surface area contributed by atoms with Crippen molar-refractivity contribution in [3.05, 3.63) is 88.6 Å². The summed E-state index contributed by atoms with van der Waals surface area (Å²) in [7, 11) is 0. The third-order valence-corrected chi connectivity index (χ3v) is 5.35. The minimum Gasteiger partial charge on any atom is -0.289 e. The fraction of sp³-hybridized carbons (Fsp3) is 0.120. The van der Waals surface area contributed by atoms with E-state index >= 15 is 0 Å². The number of aromatic nitrogens is 1. The summed E-state index contributed by atoms with van der Waals surface area (Å²) in [6, 6.07) is 18.8. The summed E-state index contributed by atoms with van der Waals surface area (Å²) >= 11 is 0. The molecule has 0 radical (unpaired) electrons. The average molecular weight is 349 g/mol. The SMILES string of the molecule is Cc1cc(C)cc(-c2nccc3cc4c(cc23)C(=O)c2cc(C)ccc2-4)c1. The van der Waals surface area contributed by atoms with Crippen LogP contribution in [0.5, 0.6) is 0 Å². The van der Waals surface area contributed by atoms with Crippen LogP contribution in [0.25, 0.3) is 33.2 Å². The number of pyridine rings is 1. The fourth-order valence-corrected chi connectivity index (χ4v) is 4.20. The number of benzene rings is 3. The highest BCUT2D eigenvalue weighted by atomic mass is 16.1. The van der Waals surface area contributed by atoms with E-state index < -0.39 is 0 Å². The molecule has 2 nitrogen and oxygen atoms in total. The summed E-state index contributed by atoms with van der Waals surface area (Å²) in [5.41, 5.74) is 9.21. The summed E-state index contributed by atoms with van der Waals surface area (Å²) in [5.74, 6) is 0.112.